The van der Waals surface area contributed by atoms with Gasteiger partial charge in [0.1, 0.15) is 11.7 Å². The van der Waals surface area contributed by atoms with Gasteiger partial charge in [-0.3, -0.25) is 10.2 Å². The van der Waals surface area contributed by atoms with Crippen molar-refractivity contribution in [3.8, 4) is 5.69 Å². The number of amides is 1. The quantitative estimate of drug-likeness (QED) is 0.515. The zero-order valence-electron chi connectivity index (χ0n) is 17.2. The van der Waals surface area contributed by atoms with Crippen LogP contribution in [0.5, 0.6) is 0 Å². The van der Waals surface area contributed by atoms with Crippen molar-refractivity contribution in [3.63, 3.8) is 0 Å². The van der Waals surface area contributed by atoms with Gasteiger partial charge < -0.3 is 4.57 Å². The van der Waals surface area contributed by atoms with E-state index in [0.29, 0.717) is 11.3 Å². The third-order valence-electron chi connectivity index (χ3n) is 5.08. The van der Waals surface area contributed by atoms with E-state index in [1.807, 2.05) is 18.4 Å². The van der Waals surface area contributed by atoms with Crippen LogP contribution in [-0.4, -0.2) is 45.7 Å². The molecule has 1 aromatic carbocycles. The summed E-state index contributed by atoms with van der Waals surface area (Å²) in [6.45, 7) is 5.12. The second kappa shape index (κ2) is 7.98. The molecular weight excluding hydrogens is 477 g/mol. The van der Waals surface area contributed by atoms with Gasteiger partial charge in [0.2, 0.25) is 20.2 Å². The lowest BCUT2D eigenvalue weighted by molar-refractivity contribution is -0.114. The molecule has 0 atom stereocenters. The van der Waals surface area contributed by atoms with E-state index in [9.17, 15) is 17.6 Å². The average Bonchev–Trinajstić information content (AvgIpc) is 3.28. The Labute approximate surface area is 193 Å². The largest absolute Gasteiger partial charge is 0.318 e. The molecule has 12 heteroatoms. The number of halogens is 2. The molecule has 0 saturated carbocycles. The summed E-state index contributed by atoms with van der Waals surface area (Å²) < 4.78 is 44.1. The van der Waals surface area contributed by atoms with Crippen LogP contribution >= 0.6 is 23.5 Å². The maximum absolute atomic E-state index is 13.6. The number of carbonyl (C=O) groups excluding carboxylic acids is 1. The summed E-state index contributed by atoms with van der Waals surface area (Å²) in [6, 6.07) is 6.15. The maximum Gasteiger partial charge on any atom is 0.283 e. The number of nitrogens with one attached hydrogen (secondary N) is 1. The molecule has 3 heterocycles. The van der Waals surface area contributed by atoms with Gasteiger partial charge in [0, 0.05) is 17.1 Å². The van der Waals surface area contributed by atoms with Gasteiger partial charge >= 0.3 is 0 Å². The van der Waals surface area contributed by atoms with Gasteiger partial charge in [0.15, 0.2) is 0 Å². The number of aryl methyl sites for hydroxylation is 1. The van der Waals surface area contributed by atoms with Gasteiger partial charge in [-0.05, 0) is 49.8 Å². The van der Waals surface area contributed by atoms with E-state index < -0.39 is 21.6 Å². The van der Waals surface area contributed by atoms with E-state index in [-0.39, 0.29) is 32.5 Å². The van der Waals surface area contributed by atoms with Crippen molar-refractivity contribution in [2.75, 3.05) is 5.75 Å². The second-order valence-electron chi connectivity index (χ2n) is 7.07. The van der Waals surface area contributed by atoms with Gasteiger partial charge in [-0.2, -0.15) is 9.39 Å². The van der Waals surface area contributed by atoms with E-state index in [4.69, 9.17) is 17.0 Å². The molecule has 4 rings (SSSR count). The summed E-state index contributed by atoms with van der Waals surface area (Å²) >= 11 is 6.68. The molecule has 0 spiro atoms. The highest BCUT2D eigenvalue weighted by Gasteiger charge is 2.42. The molecule has 2 aliphatic rings. The van der Waals surface area contributed by atoms with Crippen LogP contribution in [0.25, 0.3) is 11.8 Å². The summed E-state index contributed by atoms with van der Waals surface area (Å²) in [5, 5.41) is 8.23. The first-order valence-electron chi connectivity index (χ1n) is 9.41. The van der Waals surface area contributed by atoms with Crippen LogP contribution in [-0.2, 0) is 14.6 Å². The van der Waals surface area contributed by atoms with Gasteiger partial charge in [0.05, 0.1) is 28.3 Å². The number of rotatable bonds is 3. The van der Waals surface area contributed by atoms with E-state index in [0.717, 1.165) is 28.2 Å². The molecule has 0 aliphatic carbocycles. The van der Waals surface area contributed by atoms with Crippen LogP contribution in [0.2, 0.25) is 5.02 Å². The minimum Gasteiger partial charge on any atom is -0.318 e. The lowest BCUT2D eigenvalue weighted by Crippen LogP contribution is -2.45. The molecule has 0 saturated heterocycles. The molecule has 32 heavy (non-hydrogen) atoms. The number of aliphatic imine (C=N–C) groups is 1. The Hall–Kier alpha value is -2.76. The van der Waals surface area contributed by atoms with Crippen molar-refractivity contribution >= 4 is 61.5 Å². The van der Waals surface area contributed by atoms with Crippen LogP contribution in [0.1, 0.15) is 23.9 Å². The minimum absolute atomic E-state index is 0.0171. The molecule has 1 amide bonds. The second-order valence-corrected chi connectivity index (χ2v) is 10.4. The number of amidine groups is 3. The van der Waals surface area contributed by atoms with E-state index >= 15 is 0 Å². The van der Waals surface area contributed by atoms with Gasteiger partial charge in [-0.1, -0.05) is 18.5 Å². The van der Waals surface area contributed by atoms with Crippen LogP contribution < -0.4 is 0 Å². The number of benzene rings is 1. The Bertz CT molecular complexity index is 1390. The van der Waals surface area contributed by atoms with Crippen LogP contribution in [0.15, 0.2) is 39.2 Å². The van der Waals surface area contributed by atoms with E-state index in [1.54, 1.807) is 12.1 Å². The van der Waals surface area contributed by atoms with Crippen LogP contribution in [0, 0.1) is 25.1 Å². The fourth-order valence-corrected chi connectivity index (χ4v) is 5.58. The Balaban J connectivity index is 1.78. The van der Waals surface area contributed by atoms with Crippen LogP contribution in [0.3, 0.4) is 0 Å². The molecule has 0 bridgehead atoms. The zero-order chi connectivity index (χ0) is 23.4. The lowest BCUT2D eigenvalue weighted by atomic mass is 10.1. The predicted octanol–water partition coefficient (Wildman–Crippen LogP) is 3.90. The molecule has 2 aliphatic heterocycles. The number of hydrogen-bond donors (Lipinski definition) is 1. The molecule has 0 radical (unpaired) electrons. The Morgan fingerprint density at radius 2 is 2.00 bits per heavy atom. The van der Waals surface area contributed by atoms with Crippen molar-refractivity contribution < 1.29 is 17.6 Å². The number of nitrogens with zero attached hydrogens (tertiary/aromatic N) is 4. The molecule has 0 fully saturated rings. The highest BCUT2D eigenvalue weighted by molar-refractivity contribution is 8.16. The van der Waals surface area contributed by atoms with E-state index in [1.165, 1.54) is 25.1 Å². The number of carbonyl (C=O) groups is 1. The summed E-state index contributed by atoms with van der Waals surface area (Å²) in [5.41, 5.74) is 2.72. The third kappa shape index (κ3) is 3.59. The SMILES string of the molecule is CCS(=O)(=O)C1=NSC2=NC(=O)/C(=C\c3cc(C)n(-c4ccc(F)c(Cl)c4)c3C)C(=N)N21. The normalized spacial score (nSPS) is 17.7. The third-order valence-corrected chi connectivity index (χ3v) is 7.78. The highest BCUT2D eigenvalue weighted by atomic mass is 35.5. The van der Waals surface area contributed by atoms with Crippen molar-refractivity contribution in [1.29, 1.82) is 5.41 Å². The van der Waals surface area contributed by atoms with Crippen molar-refractivity contribution in [2.45, 2.75) is 20.8 Å². The summed E-state index contributed by atoms with van der Waals surface area (Å²) in [4.78, 5) is 17.6. The number of aromatic nitrogens is 1. The number of sulfone groups is 1. The average molecular weight is 494 g/mol. The molecule has 1 N–H and O–H groups in total. The molecule has 0 unspecified atom stereocenters. The standard InChI is InChI=1S/C20H17ClFN5O3S2/c1-4-32(29,30)20-25-31-19-24-18(28)14(17(23)27(19)20)8-12-7-10(2)26(11(12)3)13-5-6-16(22)15(21)9-13/h5-9,23H,4H2,1-3H3/b14-8-,23-17?. The first-order chi connectivity index (χ1) is 15.0. The smallest absolute Gasteiger partial charge is 0.283 e. The van der Waals surface area contributed by atoms with Gasteiger partial charge in [-0.15, -0.1) is 0 Å². The number of hydrogen-bond acceptors (Lipinski definition) is 6. The minimum atomic E-state index is -3.72. The van der Waals surface area contributed by atoms with Crippen molar-refractivity contribution in [1.82, 2.24) is 9.47 Å². The fourth-order valence-electron chi connectivity index (χ4n) is 3.44. The first kappa shape index (κ1) is 22.4. The van der Waals surface area contributed by atoms with Gasteiger partial charge in [0.25, 0.3) is 5.91 Å². The lowest BCUT2D eigenvalue weighted by Gasteiger charge is -2.24. The molecule has 166 valence electrons. The summed E-state index contributed by atoms with van der Waals surface area (Å²) in [7, 11) is -3.72. The zero-order valence-corrected chi connectivity index (χ0v) is 19.6. The molecule has 2 aromatic rings. The topological polar surface area (TPSA) is 108 Å². The van der Waals surface area contributed by atoms with E-state index in [2.05, 4.69) is 9.39 Å². The van der Waals surface area contributed by atoms with Crippen molar-refractivity contribution in [2.24, 2.45) is 9.39 Å². The molecule has 1 aromatic heterocycles. The molecular formula is C20H17ClFN5O3S2. The Morgan fingerprint density at radius 3 is 2.66 bits per heavy atom. The number of fused-ring (bicyclic) bond motifs is 1. The first-order valence-corrected chi connectivity index (χ1v) is 12.2. The fraction of sp³-hybridized carbons (Fsp3) is 0.200. The summed E-state index contributed by atoms with van der Waals surface area (Å²) in [5.74, 6) is -1.69. The molecule has 8 nitrogen and oxygen atoms in total. The monoisotopic (exact) mass is 493 g/mol. The Morgan fingerprint density at radius 1 is 1.28 bits per heavy atom. The Kier molecular flexibility index (Phi) is 5.60. The van der Waals surface area contributed by atoms with Gasteiger partial charge in [-0.25, -0.2) is 17.7 Å². The maximum atomic E-state index is 13.6. The van der Waals surface area contributed by atoms with Crippen LogP contribution in [0.4, 0.5) is 4.39 Å². The highest BCUT2D eigenvalue weighted by Crippen LogP contribution is 2.31. The predicted molar refractivity (Wildman–Crippen MR) is 125 cm³/mol. The van der Waals surface area contributed by atoms with Crippen molar-refractivity contribution in [3.05, 3.63) is 57.6 Å². The summed E-state index contributed by atoms with van der Waals surface area (Å²) in [6.07, 6.45) is 1.49.